The number of phenols is 1. The lowest BCUT2D eigenvalue weighted by atomic mass is 9.92. The van der Waals surface area contributed by atoms with Crippen molar-refractivity contribution in [3.8, 4) is 11.5 Å². The fourth-order valence-electron chi connectivity index (χ4n) is 2.51. The van der Waals surface area contributed by atoms with Gasteiger partial charge in [-0.2, -0.15) is 0 Å². The lowest BCUT2D eigenvalue weighted by Crippen LogP contribution is -2.41. The minimum atomic E-state index is -0.287. The standard InChI is InChI=1S/C14H20BrNO3/c1-19-13-7-10(15)6-9(14(13)18)8-16-11-4-2-3-5-12(11)17/h6-7,11-12,16-18H,2-5,8H2,1H3. The van der Waals surface area contributed by atoms with Gasteiger partial charge in [-0.3, -0.25) is 0 Å². The topological polar surface area (TPSA) is 61.7 Å². The molecule has 106 valence electrons. The molecule has 1 aliphatic carbocycles. The highest BCUT2D eigenvalue weighted by molar-refractivity contribution is 9.10. The Balaban J connectivity index is 2.04. The Kier molecular flexibility index (Phi) is 5.07. The molecule has 0 aliphatic heterocycles. The molecule has 0 amide bonds. The smallest absolute Gasteiger partial charge is 0.162 e. The van der Waals surface area contributed by atoms with E-state index in [2.05, 4.69) is 21.2 Å². The maximum atomic E-state index is 10.1. The molecule has 0 heterocycles. The lowest BCUT2D eigenvalue weighted by Gasteiger charge is -2.28. The summed E-state index contributed by atoms with van der Waals surface area (Å²) in [6.45, 7) is 0.517. The molecule has 0 saturated heterocycles. The van der Waals surface area contributed by atoms with Crippen molar-refractivity contribution in [2.45, 2.75) is 44.4 Å². The van der Waals surface area contributed by atoms with E-state index in [4.69, 9.17) is 4.74 Å². The van der Waals surface area contributed by atoms with Crippen molar-refractivity contribution in [1.29, 1.82) is 0 Å². The van der Waals surface area contributed by atoms with Crippen molar-refractivity contribution >= 4 is 15.9 Å². The molecule has 5 heteroatoms. The monoisotopic (exact) mass is 329 g/mol. The number of halogens is 1. The second-order valence-corrected chi connectivity index (χ2v) is 5.87. The van der Waals surface area contributed by atoms with Crippen LogP contribution in [0.5, 0.6) is 11.5 Å². The zero-order valence-electron chi connectivity index (χ0n) is 11.0. The number of ether oxygens (including phenoxy) is 1. The molecule has 1 fully saturated rings. The molecule has 0 bridgehead atoms. The third-order valence-electron chi connectivity index (χ3n) is 3.62. The maximum Gasteiger partial charge on any atom is 0.162 e. The van der Waals surface area contributed by atoms with E-state index in [0.717, 1.165) is 35.7 Å². The van der Waals surface area contributed by atoms with Crippen LogP contribution in [-0.4, -0.2) is 29.5 Å². The first-order valence-electron chi connectivity index (χ1n) is 6.58. The van der Waals surface area contributed by atoms with Gasteiger partial charge in [-0.25, -0.2) is 0 Å². The number of nitrogens with one attached hydrogen (secondary N) is 1. The Morgan fingerprint density at radius 2 is 2.11 bits per heavy atom. The van der Waals surface area contributed by atoms with E-state index in [1.54, 1.807) is 6.07 Å². The molecule has 3 N–H and O–H groups in total. The molecule has 4 nitrogen and oxygen atoms in total. The summed E-state index contributed by atoms with van der Waals surface area (Å²) < 4.78 is 5.99. The molecule has 2 atom stereocenters. The lowest BCUT2D eigenvalue weighted by molar-refractivity contribution is 0.0901. The van der Waals surface area contributed by atoms with Gasteiger partial charge in [-0.15, -0.1) is 0 Å². The average Bonchev–Trinajstić information content (AvgIpc) is 2.41. The van der Waals surface area contributed by atoms with Crippen LogP contribution in [0.3, 0.4) is 0 Å². The van der Waals surface area contributed by atoms with Crippen LogP contribution in [0.4, 0.5) is 0 Å². The Bertz CT molecular complexity index is 439. The predicted molar refractivity (Wildman–Crippen MR) is 77.5 cm³/mol. The zero-order valence-corrected chi connectivity index (χ0v) is 12.6. The van der Waals surface area contributed by atoms with Gasteiger partial charge in [0, 0.05) is 22.6 Å². The van der Waals surface area contributed by atoms with E-state index in [9.17, 15) is 10.2 Å². The van der Waals surface area contributed by atoms with Crippen LogP contribution in [0.2, 0.25) is 0 Å². The van der Waals surface area contributed by atoms with Crippen LogP contribution in [0.15, 0.2) is 16.6 Å². The summed E-state index contributed by atoms with van der Waals surface area (Å²) in [5.41, 5.74) is 0.768. The second-order valence-electron chi connectivity index (χ2n) is 4.95. The Morgan fingerprint density at radius 3 is 2.79 bits per heavy atom. The third-order valence-corrected chi connectivity index (χ3v) is 4.08. The van der Waals surface area contributed by atoms with Gasteiger partial charge in [0.2, 0.25) is 0 Å². The van der Waals surface area contributed by atoms with Crippen LogP contribution in [0, 0.1) is 0 Å². The van der Waals surface area contributed by atoms with Crippen molar-refractivity contribution in [3.63, 3.8) is 0 Å². The number of aliphatic hydroxyl groups is 1. The molecular formula is C14H20BrNO3. The molecule has 1 aliphatic rings. The number of aliphatic hydroxyl groups excluding tert-OH is 1. The van der Waals surface area contributed by atoms with Crippen molar-refractivity contribution in [2.24, 2.45) is 0 Å². The first-order valence-corrected chi connectivity index (χ1v) is 7.38. The summed E-state index contributed by atoms with van der Waals surface area (Å²) in [4.78, 5) is 0. The first-order chi connectivity index (χ1) is 9.11. The summed E-state index contributed by atoms with van der Waals surface area (Å²) in [7, 11) is 1.53. The minimum Gasteiger partial charge on any atom is -0.504 e. The van der Waals surface area contributed by atoms with Gasteiger partial charge >= 0.3 is 0 Å². The van der Waals surface area contributed by atoms with Crippen molar-refractivity contribution < 1.29 is 14.9 Å². The van der Waals surface area contributed by atoms with Crippen molar-refractivity contribution in [2.75, 3.05) is 7.11 Å². The van der Waals surface area contributed by atoms with E-state index in [1.165, 1.54) is 7.11 Å². The molecule has 0 aromatic heterocycles. The number of hydrogen-bond acceptors (Lipinski definition) is 4. The largest absolute Gasteiger partial charge is 0.504 e. The van der Waals surface area contributed by atoms with E-state index >= 15 is 0 Å². The van der Waals surface area contributed by atoms with Crippen LogP contribution >= 0.6 is 15.9 Å². The molecule has 1 aromatic rings. The normalized spacial score (nSPS) is 23.3. The molecule has 1 aromatic carbocycles. The van der Waals surface area contributed by atoms with Gasteiger partial charge < -0.3 is 20.3 Å². The predicted octanol–water partition coefficient (Wildman–Crippen LogP) is 2.56. The summed E-state index contributed by atoms with van der Waals surface area (Å²) >= 11 is 3.40. The summed E-state index contributed by atoms with van der Waals surface area (Å²) in [5, 5.41) is 23.3. The van der Waals surface area contributed by atoms with Crippen molar-refractivity contribution in [3.05, 3.63) is 22.2 Å². The summed E-state index contributed by atoms with van der Waals surface area (Å²) in [5.74, 6) is 0.610. The number of hydrogen-bond donors (Lipinski definition) is 3. The highest BCUT2D eigenvalue weighted by Gasteiger charge is 2.22. The van der Waals surface area contributed by atoms with E-state index < -0.39 is 0 Å². The average molecular weight is 330 g/mol. The number of aromatic hydroxyl groups is 1. The molecule has 1 saturated carbocycles. The number of benzene rings is 1. The fraction of sp³-hybridized carbons (Fsp3) is 0.571. The molecule has 2 rings (SSSR count). The Hall–Kier alpha value is -0.780. The zero-order chi connectivity index (χ0) is 13.8. The summed E-state index contributed by atoms with van der Waals surface area (Å²) in [6, 6.07) is 3.70. The molecular weight excluding hydrogens is 310 g/mol. The van der Waals surface area contributed by atoms with E-state index in [0.29, 0.717) is 12.3 Å². The molecule has 0 radical (unpaired) electrons. The van der Waals surface area contributed by atoms with Crippen LogP contribution in [0.1, 0.15) is 31.2 Å². The van der Waals surface area contributed by atoms with Gasteiger partial charge in [-0.1, -0.05) is 28.8 Å². The van der Waals surface area contributed by atoms with E-state index in [-0.39, 0.29) is 17.9 Å². The van der Waals surface area contributed by atoms with Crippen LogP contribution in [-0.2, 0) is 6.54 Å². The number of phenolic OH excluding ortho intramolecular Hbond substituents is 1. The quantitative estimate of drug-likeness (QED) is 0.794. The van der Waals surface area contributed by atoms with Gasteiger partial charge in [-0.05, 0) is 25.0 Å². The third kappa shape index (κ3) is 3.61. The highest BCUT2D eigenvalue weighted by atomic mass is 79.9. The van der Waals surface area contributed by atoms with Crippen LogP contribution in [0.25, 0.3) is 0 Å². The number of rotatable bonds is 4. The molecule has 2 unspecified atom stereocenters. The Morgan fingerprint density at radius 1 is 1.37 bits per heavy atom. The SMILES string of the molecule is COc1cc(Br)cc(CNC2CCCCC2O)c1O. The molecule has 19 heavy (non-hydrogen) atoms. The fourth-order valence-corrected chi connectivity index (χ4v) is 2.99. The van der Waals surface area contributed by atoms with E-state index in [1.807, 2.05) is 6.07 Å². The molecule has 0 spiro atoms. The minimum absolute atomic E-state index is 0.109. The number of methoxy groups -OCH3 is 1. The van der Waals surface area contributed by atoms with Gasteiger partial charge in [0.1, 0.15) is 0 Å². The highest BCUT2D eigenvalue weighted by Crippen LogP contribution is 2.33. The summed E-state index contributed by atoms with van der Waals surface area (Å²) in [6.07, 6.45) is 3.78. The van der Waals surface area contributed by atoms with Gasteiger partial charge in [0.15, 0.2) is 11.5 Å². The van der Waals surface area contributed by atoms with Crippen molar-refractivity contribution in [1.82, 2.24) is 5.32 Å². The van der Waals surface area contributed by atoms with Gasteiger partial charge in [0.05, 0.1) is 13.2 Å². The Labute approximate surface area is 121 Å². The van der Waals surface area contributed by atoms with Crippen LogP contribution < -0.4 is 10.1 Å². The van der Waals surface area contributed by atoms with Gasteiger partial charge in [0.25, 0.3) is 0 Å². The second kappa shape index (κ2) is 6.59. The first kappa shape index (κ1) is 14.6. The maximum absolute atomic E-state index is 10.1.